The molecule has 2 aromatic carbocycles. The summed E-state index contributed by atoms with van der Waals surface area (Å²) in [5, 5.41) is 1.75. The lowest BCUT2D eigenvalue weighted by atomic mass is 10.0. The fraction of sp³-hybridized carbons (Fsp3) is 0.318. The molecular formula is C22H21Cl3N2O3. The fourth-order valence-electron chi connectivity index (χ4n) is 3.41. The van der Waals surface area contributed by atoms with Crippen molar-refractivity contribution in [2.75, 3.05) is 13.2 Å². The van der Waals surface area contributed by atoms with Gasteiger partial charge in [-0.15, -0.1) is 0 Å². The van der Waals surface area contributed by atoms with Crippen LogP contribution in [-0.4, -0.2) is 34.7 Å². The maximum atomic E-state index is 6.36. The first kappa shape index (κ1) is 21.5. The first-order valence-electron chi connectivity index (χ1n) is 9.61. The minimum Gasteiger partial charge on any atom is -0.489 e. The molecule has 158 valence electrons. The highest BCUT2D eigenvalue weighted by molar-refractivity contribution is 6.35. The smallest absolute Gasteiger partial charge is 0.187 e. The number of nitrogens with zero attached hydrogens (tertiary/aromatic N) is 2. The Morgan fingerprint density at radius 1 is 1.10 bits per heavy atom. The molecule has 30 heavy (non-hydrogen) atoms. The number of hydrogen-bond donors (Lipinski definition) is 0. The van der Waals surface area contributed by atoms with Crippen LogP contribution < -0.4 is 4.74 Å². The van der Waals surface area contributed by atoms with Gasteiger partial charge in [0, 0.05) is 28.9 Å². The van der Waals surface area contributed by atoms with Crippen molar-refractivity contribution in [3.8, 4) is 5.75 Å². The average Bonchev–Trinajstić information content (AvgIpc) is 3.38. The van der Waals surface area contributed by atoms with E-state index in [2.05, 4.69) is 4.98 Å². The molecule has 0 spiro atoms. The van der Waals surface area contributed by atoms with Crippen LogP contribution in [0, 0.1) is 0 Å². The molecule has 1 saturated heterocycles. The highest BCUT2D eigenvalue weighted by atomic mass is 35.5. The average molecular weight is 468 g/mol. The van der Waals surface area contributed by atoms with E-state index in [1.165, 1.54) is 5.56 Å². The van der Waals surface area contributed by atoms with Crippen molar-refractivity contribution in [3.05, 3.63) is 81.8 Å². The van der Waals surface area contributed by atoms with Gasteiger partial charge in [0.25, 0.3) is 0 Å². The molecule has 0 saturated carbocycles. The lowest BCUT2D eigenvalue weighted by Gasteiger charge is -2.28. The van der Waals surface area contributed by atoms with E-state index in [4.69, 9.17) is 49.0 Å². The lowest BCUT2D eigenvalue weighted by molar-refractivity contribution is -0.184. The number of imidazole rings is 1. The molecule has 4 rings (SSSR count). The first-order valence-corrected chi connectivity index (χ1v) is 10.7. The van der Waals surface area contributed by atoms with Gasteiger partial charge in [-0.2, -0.15) is 0 Å². The predicted octanol–water partition coefficient (Wildman–Crippen LogP) is 5.67. The zero-order chi connectivity index (χ0) is 21.0. The largest absolute Gasteiger partial charge is 0.489 e. The molecule has 0 aliphatic carbocycles. The molecule has 8 heteroatoms. The Balaban J connectivity index is 1.41. The van der Waals surface area contributed by atoms with Crippen LogP contribution in [0.15, 0.2) is 61.2 Å². The lowest BCUT2D eigenvalue weighted by Crippen LogP contribution is -2.37. The highest BCUT2D eigenvalue weighted by Crippen LogP contribution is 2.33. The summed E-state index contributed by atoms with van der Waals surface area (Å²) < 4.78 is 20.4. The van der Waals surface area contributed by atoms with Gasteiger partial charge < -0.3 is 18.8 Å². The van der Waals surface area contributed by atoms with Crippen molar-refractivity contribution in [2.24, 2.45) is 0 Å². The number of aryl methyl sites for hydroxylation is 1. The van der Waals surface area contributed by atoms with E-state index >= 15 is 0 Å². The summed E-state index contributed by atoms with van der Waals surface area (Å²) in [6.07, 6.45) is 6.66. The van der Waals surface area contributed by atoms with Gasteiger partial charge in [-0.25, -0.2) is 4.98 Å². The summed E-state index contributed by atoms with van der Waals surface area (Å²) in [4.78, 5) is 4.12. The van der Waals surface area contributed by atoms with Gasteiger partial charge in [-0.3, -0.25) is 0 Å². The van der Waals surface area contributed by atoms with Crippen molar-refractivity contribution in [2.45, 2.75) is 31.3 Å². The second-order valence-corrected chi connectivity index (χ2v) is 8.49. The monoisotopic (exact) mass is 466 g/mol. The fourth-order valence-corrected chi connectivity index (χ4v) is 4.00. The molecule has 0 N–H and O–H groups in total. The highest BCUT2D eigenvalue weighted by Gasteiger charge is 2.42. The van der Waals surface area contributed by atoms with Crippen LogP contribution in [0.25, 0.3) is 0 Å². The van der Waals surface area contributed by atoms with Crippen LogP contribution in [-0.2, 0) is 22.4 Å². The van der Waals surface area contributed by atoms with Gasteiger partial charge in [0.05, 0.1) is 24.5 Å². The minimum atomic E-state index is -0.766. The molecule has 0 bridgehead atoms. The molecular weight excluding hydrogens is 447 g/mol. The normalized spacial score (nSPS) is 21.1. The summed E-state index contributed by atoms with van der Waals surface area (Å²) in [5.41, 5.74) is 1.17. The number of hydrogen-bond acceptors (Lipinski definition) is 4. The van der Waals surface area contributed by atoms with Crippen LogP contribution in [0.5, 0.6) is 5.75 Å². The van der Waals surface area contributed by atoms with Crippen LogP contribution in [0.1, 0.15) is 12.0 Å². The van der Waals surface area contributed by atoms with E-state index in [-0.39, 0.29) is 6.10 Å². The zero-order valence-corrected chi connectivity index (χ0v) is 18.4. The number of halogens is 3. The maximum Gasteiger partial charge on any atom is 0.187 e. The third-order valence-corrected chi connectivity index (χ3v) is 5.71. The number of aromatic nitrogens is 2. The van der Waals surface area contributed by atoms with Crippen LogP contribution in [0.4, 0.5) is 0 Å². The Morgan fingerprint density at radius 2 is 1.90 bits per heavy atom. The van der Waals surface area contributed by atoms with Gasteiger partial charge in [0.1, 0.15) is 18.5 Å². The second kappa shape index (κ2) is 9.58. The van der Waals surface area contributed by atoms with Gasteiger partial charge >= 0.3 is 0 Å². The molecule has 3 aromatic rings. The summed E-state index contributed by atoms with van der Waals surface area (Å²) >= 11 is 18.1. The van der Waals surface area contributed by atoms with E-state index in [1.807, 2.05) is 35.0 Å². The number of benzene rings is 2. The van der Waals surface area contributed by atoms with Gasteiger partial charge in [-0.1, -0.05) is 46.9 Å². The second-order valence-electron chi connectivity index (χ2n) is 7.21. The Morgan fingerprint density at radius 3 is 2.63 bits per heavy atom. The summed E-state index contributed by atoms with van der Waals surface area (Å²) in [7, 11) is 0. The van der Waals surface area contributed by atoms with Crippen molar-refractivity contribution < 1.29 is 14.2 Å². The molecule has 0 radical (unpaired) electrons. The van der Waals surface area contributed by atoms with Crippen LogP contribution in [0.3, 0.4) is 0 Å². The Bertz CT molecular complexity index is 966. The van der Waals surface area contributed by atoms with Crippen molar-refractivity contribution in [3.63, 3.8) is 0 Å². The quantitative estimate of drug-likeness (QED) is 0.428. The predicted molar refractivity (Wildman–Crippen MR) is 118 cm³/mol. The Kier molecular flexibility index (Phi) is 6.86. The van der Waals surface area contributed by atoms with E-state index in [1.54, 1.807) is 30.7 Å². The van der Waals surface area contributed by atoms with E-state index in [0.29, 0.717) is 42.0 Å². The zero-order valence-electron chi connectivity index (χ0n) is 16.1. The number of ether oxygens (including phenoxy) is 3. The van der Waals surface area contributed by atoms with Gasteiger partial charge in [-0.05, 0) is 42.3 Å². The van der Waals surface area contributed by atoms with Crippen molar-refractivity contribution in [1.29, 1.82) is 0 Å². The molecule has 1 fully saturated rings. The molecule has 1 aliphatic heterocycles. The van der Waals surface area contributed by atoms with Gasteiger partial charge in [0.2, 0.25) is 0 Å². The van der Waals surface area contributed by atoms with Crippen molar-refractivity contribution >= 4 is 34.8 Å². The molecule has 2 unspecified atom stereocenters. The molecule has 1 aliphatic rings. The van der Waals surface area contributed by atoms with E-state index in [9.17, 15) is 0 Å². The third-order valence-electron chi connectivity index (χ3n) is 4.92. The number of rotatable bonds is 8. The topological polar surface area (TPSA) is 45.5 Å². The summed E-state index contributed by atoms with van der Waals surface area (Å²) in [6, 6.07) is 13.0. The van der Waals surface area contributed by atoms with Crippen molar-refractivity contribution in [1.82, 2.24) is 9.55 Å². The van der Waals surface area contributed by atoms with Gasteiger partial charge in [0.15, 0.2) is 5.79 Å². The first-order chi connectivity index (χ1) is 14.5. The standard InChI is InChI=1S/C22H21Cl3N2O3/c23-17-3-1-16(2-4-17)7-8-22(14-27-10-9-26-15-27)29-13-19(30-22)12-28-21-6-5-18(24)11-20(21)25/h1-6,9-11,15,19H,7-8,12-14H2. The summed E-state index contributed by atoms with van der Waals surface area (Å²) in [5.74, 6) is -0.198. The van der Waals surface area contributed by atoms with Crippen LogP contribution >= 0.6 is 34.8 Å². The SMILES string of the molecule is Clc1ccc(CCC2(Cn3ccnc3)OCC(COc3ccc(Cl)cc3Cl)O2)cc1. The minimum absolute atomic E-state index is 0.217. The Labute approximate surface area is 190 Å². The van der Waals surface area contributed by atoms with E-state index < -0.39 is 5.79 Å². The summed E-state index contributed by atoms with van der Waals surface area (Å²) in [6.45, 7) is 1.30. The Hall–Kier alpha value is -1.76. The molecule has 5 nitrogen and oxygen atoms in total. The van der Waals surface area contributed by atoms with E-state index in [0.717, 1.165) is 11.4 Å². The molecule has 2 atom stereocenters. The third kappa shape index (κ3) is 5.48. The van der Waals surface area contributed by atoms with Crippen LogP contribution in [0.2, 0.25) is 15.1 Å². The maximum absolute atomic E-state index is 6.36. The molecule has 0 amide bonds. The molecule has 2 heterocycles. The molecule has 1 aromatic heterocycles.